The second-order valence-corrected chi connectivity index (χ2v) is 7.43. The van der Waals surface area contributed by atoms with Gasteiger partial charge in [-0.25, -0.2) is 9.97 Å². The fraction of sp³-hybridized carbons (Fsp3) is 0.571. The maximum absolute atomic E-state index is 5.86. The lowest BCUT2D eigenvalue weighted by Gasteiger charge is -2.36. The molecule has 0 aliphatic carbocycles. The largest absolute Gasteiger partial charge is 0.469 e. The topological polar surface area (TPSA) is 79.0 Å². The molecule has 2 aromatic heterocycles. The van der Waals surface area contributed by atoms with Gasteiger partial charge in [-0.15, -0.1) is 0 Å². The number of aliphatic imine (C=N–C) groups is 1. The quantitative estimate of drug-likeness (QED) is 0.588. The summed E-state index contributed by atoms with van der Waals surface area (Å²) in [4.78, 5) is 18.2. The van der Waals surface area contributed by atoms with Crippen LogP contribution in [-0.4, -0.2) is 72.8 Å². The van der Waals surface area contributed by atoms with Crippen molar-refractivity contribution in [3.63, 3.8) is 0 Å². The number of furan rings is 1. The van der Waals surface area contributed by atoms with E-state index in [0.717, 1.165) is 76.3 Å². The number of nitrogens with one attached hydrogen (secondary N) is 1. The van der Waals surface area contributed by atoms with Crippen LogP contribution in [0.2, 0.25) is 0 Å². The van der Waals surface area contributed by atoms with E-state index in [1.807, 2.05) is 18.2 Å². The van der Waals surface area contributed by atoms with Crippen LogP contribution in [0.15, 0.2) is 46.3 Å². The lowest BCUT2D eigenvalue weighted by atomic mass is 10.1. The van der Waals surface area contributed by atoms with Gasteiger partial charge >= 0.3 is 0 Å². The van der Waals surface area contributed by atoms with Gasteiger partial charge in [-0.2, -0.15) is 0 Å². The number of aromatic nitrogens is 2. The summed E-state index contributed by atoms with van der Waals surface area (Å²) < 4.78 is 11.3. The summed E-state index contributed by atoms with van der Waals surface area (Å²) in [5.74, 6) is 2.74. The van der Waals surface area contributed by atoms with Gasteiger partial charge in [0.15, 0.2) is 5.96 Å². The Labute approximate surface area is 172 Å². The van der Waals surface area contributed by atoms with Crippen molar-refractivity contribution in [1.29, 1.82) is 0 Å². The molecule has 2 aliphatic heterocycles. The minimum absolute atomic E-state index is 0.240. The van der Waals surface area contributed by atoms with E-state index in [9.17, 15) is 0 Å². The normalized spacial score (nSPS) is 20.7. The van der Waals surface area contributed by atoms with Crippen molar-refractivity contribution in [2.75, 3.05) is 50.8 Å². The molecular formula is C21H30N6O2. The van der Waals surface area contributed by atoms with Gasteiger partial charge in [0.2, 0.25) is 5.95 Å². The molecule has 0 amide bonds. The Balaban J connectivity index is 1.34. The number of hydrogen-bond donors (Lipinski definition) is 1. The lowest BCUT2D eigenvalue weighted by Crippen LogP contribution is -2.53. The maximum atomic E-state index is 5.86. The van der Waals surface area contributed by atoms with Crippen LogP contribution in [0.25, 0.3) is 0 Å². The van der Waals surface area contributed by atoms with Crippen molar-refractivity contribution >= 4 is 11.9 Å². The molecule has 0 bridgehead atoms. The van der Waals surface area contributed by atoms with Crippen molar-refractivity contribution in [2.24, 2.45) is 4.99 Å². The van der Waals surface area contributed by atoms with Crippen molar-refractivity contribution < 1.29 is 9.15 Å². The van der Waals surface area contributed by atoms with Crippen molar-refractivity contribution in [1.82, 2.24) is 20.2 Å². The molecule has 2 saturated heterocycles. The lowest BCUT2D eigenvalue weighted by molar-refractivity contribution is 0.0223. The molecule has 0 aromatic carbocycles. The highest BCUT2D eigenvalue weighted by atomic mass is 16.5. The predicted molar refractivity (Wildman–Crippen MR) is 112 cm³/mol. The summed E-state index contributed by atoms with van der Waals surface area (Å²) in [5.41, 5.74) is 0. The summed E-state index contributed by atoms with van der Waals surface area (Å²) in [6.07, 6.45) is 9.88. The monoisotopic (exact) mass is 398 g/mol. The van der Waals surface area contributed by atoms with Crippen LogP contribution in [0.4, 0.5) is 5.95 Å². The van der Waals surface area contributed by atoms with Crippen LogP contribution in [0.5, 0.6) is 0 Å². The molecular weight excluding hydrogens is 368 g/mol. The van der Waals surface area contributed by atoms with Gasteiger partial charge in [0, 0.05) is 58.1 Å². The minimum Gasteiger partial charge on any atom is -0.469 e. The predicted octanol–water partition coefficient (Wildman–Crippen LogP) is 1.95. The smallest absolute Gasteiger partial charge is 0.225 e. The van der Waals surface area contributed by atoms with Crippen LogP contribution in [0.1, 0.15) is 25.0 Å². The van der Waals surface area contributed by atoms with E-state index in [1.165, 1.54) is 6.42 Å². The highest BCUT2D eigenvalue weighted by Gasteiger charge is 2.22. The Kier molecular flexibility index (Phi) is 6.96. The third-order valence-corrected chi connectivity index (χ3v) is 5.37. The number of hydrogen-bond acceptors (Lipinski definition) is 6. The van der Waals surface area contributed by atoms with Gasteiger partial charge in [-0.1, -0.05) is 0 Å². The van der Waals surface area contributed by atoms with Crippen molar-refractivity contribution in [3.05, 3.63) is 42.6 Å². The minimum atomic E-state index is 0.240. The third-order valence-electron chi connectivity index (χ3n) is 5.37. The van der Waals surface area contributed by atoms with E-state index in [2.05, 4.69) is 25.1 Å². The molecule has 4 rings (SSSR count). The van der Waals surface area contributed by atoms with Crippen LogP contribution < -0.4 is 10.2 Å². The fourth-order valence-electron chi connectivity index (χ4n) is 3.73. The Morgan fingerprint density at radius 1 is 1.14 bits per heavy atom. The molecule has 2 aliphatic rings. The first-order valence-corrected chi connectivity index (χ1v) is 10.6. The third kappa shape index (κ3) is 5.69. The van der Waals surface area contributed by atoms with E-state index >= 15 is 0 Å². The first-order chi connectivity index (χ1) is 14.4. The summed E-state index contributed by atoms with van der Waals surface area (Å²) in [6, 6.07) is 5.78. The molecule has 1 atom stereocenters. The number of ether oxygens (including phenoxy) is 1. The molecule has 156 valence electrons. The zero-order chi connectivity index (χ0) is 19.7. The Morgan fingerprint density at radius 3 is 2.72 bits per heavy atom. The number of nitrogens with zero attached hydrogens (tertiary/aromatic N) is 5. The van der Waals surface area contributed by atoms with E-state index < -0.39 is 0 Å². The van der Waals surface area contributed by atoms with Crippen molar-refractivity contribution in [3.8, 4) is 0 Å². The average molecular weight is 399 g/mol. The average Bonchev–Trinajstić information content (AvgIpc) is 3.31. The van der Waals surface area contributed by atoms with E-state index in [-0.39, 0.29) is 6.10 Å². The summed E-state index contributed by atoms with van der Waals surface area (Å²) in [6.45, 7) is 5.89. The van der Waals surface area contributed by atoms with Gasteiger partial charge in [0.05, 0.1) is 18.9 Å². The molecule has 2 fully saturated rings. The first kappa shape index (κ1) is 19.7. The maximum Gasteiger partial charge on any atom is 0.225 e. The number of anilines is 1. The van der Waals surface area contributed by atoms with Gasteiger partial charge in [0.1, 0.15) is 5.76 Å². The molecule has 4 heterocycles. The van der Waals surface area contributed by atoms with Crippen LogP contribution in [0, 0.1) is 0 Å². The molecule has 0 radical (unpaired) electrons. The standard InChI is InChI=1S/C21H30N6O2/c1-2-15-29-19(5-1)17-25-21(24-10-7-18-6-3-16-28-18)27-13-11-26(12-14-27)20-22-8-4-9-23-20/h3-4,6,8-9,16,19H,1-2,5,7,10-15,17H2,(H,24,25). The molecule has 0 spiro atoms. The molecule has 8 heteroatoms. The van der Waals surface area contributed by atoms with Crippen LogP contribution >= 0.6 is 0 Å². The van der Waals surface area contributed by atoms with E-state index in [1.54, 1.807) is 18.7 Å². The summed E-state index contributed by atoms with van der Waals surface area (Å²) in [7, 11) is 0. The van der Waals surface area contributed by atoms with Crippen LogP contribution in [-0.2, 0) is 11.2 Å². The highest BCUT2D eigenvalue weighted by Crippen LogP contribution is 2.14. The van der Waals surface area contributed by atoms with Gasteiger partial charge in [-0.05, 0) is 37.5 Å². The highest BCUT2D eigenvalue weighted by molar-refractivity contribution is 5.80. The molecule has 8 nitrogen and oxygen atoms in total. The van der Waals surface area contributed by atoms with Crippen LogP contribution in [0.3, 0.4) is 0 Å². The summed E-state index contributed by atoms with van der Waals surface area (Å²) >= 11 is 0. The Morgan fingerprint density at radius 2 is 2.00 bits per heavy atom. The zero-order valence-corrected chi connectivity index (χ0v) is 16.9. The van der Waals surface area contributed by atoms with Gasteiger partial charge < -0.3 is 24.3 Å². The zero-order valence-electron chi connectivity index (χ0n) is 16.9. The molecule has 0 saturated carbocycles. The SMILES string of the molecule is c1cnc(N2CCN(C(=NCC3CCCCO3)NCCc3ccco3)CC2)nc1. The molecule has 1 unspecified atom stereocenters. The van der Waals surface area contributed by atoms with E-state index in [0.29, 0.717) is 6.54 Å². The first-order valence-electron chi connectivity index (χ1n) is 10.6. The number of piperazine rings is 1. The molecule has 1 N–H and O–H groups in total. The Hall–Kier alpha value is -2.61. The Bertz CT molecular complexity index is 738. The summed E-state index contributed by atoms with van der Waals surface area (Å²) in [5, 5.41) is 3.53. The van der Waals surface area contributed by atoms with Crippen molar-refractivity contribution in [2.45, 2.75) is 31.8 Å². The van der Waals surface area contributed by atoms with Gasteiger partial charge in [-0.3, -0.25) is 4.99 Å². The second-order valence-electron chi connectivity index (χ2n) is 7.43. The number of rotatable bonds is 6. The second kappa shape index (κ2) is 10.2. The fourth-order valence-corrected chi connectivity index (χ4v) is 3.73. The van der Waals surface area contributed by atoms with E-state index in [4.69, 9.17) is 14.1 Å². The number of guanidine groups is 1. The molecule has 29 heavy (non-hydrogen) atoms. The van der Waals surface area contributed by atoms with Gasteiger partial charge in [0.25, 0.3) is 0 Å². The molecule has 2 aromatic rings.